The number of aromatic nitrogens is 2. The number of carbonyl (C=O) groups excluding carboxylic acids is 1. The maximum absolute atomic E-state index is 13.2. The van der Waals surface area contributed by atoms with Crippen molar-refractivity contribution in [3.8, 4) is 5.88 Å². The monoisotopic (exact) mass is 410 g/mol. The van der Waals surface area contributed by atoms with Crippen molar-refractivity contribution in [2.75, 3.05) is 12.3 Å². The fourth-order valence-corrected chi connectivity index (χ4v) is 1.87. The van der Waals surface area contributed by atoms with Crippen molar-refractivity contribution in [3.05, 3.63) is 35.7 Å². The van der Waals surface area contributed by atoms with Gasteiger partial charge in [-0.15, -0.1) is 0 Å². The van der Waals surface area contributed by atoms with Gasteiger partial charge in [0.15, 0.2) is 23.4 Å². The number of halogens is 5. The molecular weight excluding hydrogens is 395 g/mol. The molecule has 0 saturated heterocycles. The number of carbonyl (C=O) groups is 1. The van der Waals surface area contributed by atoms with Crippen LogP contribution in [0.25, 0.3) is 0 Å². The molecule has 0 aliphatic heterocycles. The first-order chi connectivity index (χ1) is 12.9. The molecular formula is C15H15F5N4O4. The SMILES string of the molecule is CC(O)(CNC(=O)c1nc(OCc2cnco2)c(C(F)F)cc1N)C(F)(F)F. The average Bonchev–Trinajstić information content (AvgIpc) is 3.10. The van der Waals surface area contributed by atoms with Gasteiger partial charge in [-0.2, -0.15) is 13.2 Å². The van der Waals surface area contributed by atoms with Gasteiger partial charge in [-0.1, -0.05) is 0 Å². The molecule has 1 amide bonds. The fourth-order valence-electron chi connectivity index (χ4n) is 1.87. The van der Waals surface area contributed by atoms with Gasteiger partial charge in [-0.3, -0.25) is 4.79 Å². The lowest BCUT2D eigenvalue weighted by atomic mass is 10.1. The van der Waals surface area contributed by atoms with E-state index in [9.17, 15) is 31.9 Å². The van der Waals surface area contributed by atoms with Crippen LogP contribution in [0.5, 0.6) is 5.88 Å². The molecule has 1 atom stereocenters. The number of hydrogen-bond acceptors (Lipinski definition) is 7. The van der Waals surface area contributed by atoms with Gasteiger partial charge in [-0.25, -0.2) is 18.7 Å². The van der Waals surface area contributed by atoms with Crippen molar-refractivity contribution in [1.82, 2.24) is 15.3 Å². The van der Waals surface area contributed by atoms with Gasteiger partial charge in [0.05, 0.1) is 24.0 Å². The molecule has 154 valence electrons. The lowest BCUT2D eigenvalue weighted by molar-refractivity contribution is -0.249. The van der Waals surface area contributed by atoms with Crippen LogP contribution in [-0.2, 0) is 6.61 Å². The van der Waals surface area contributed by atoms with Gasteiger partial charge in [0.2, 0.25) is 5.88 Å². The van der Waals surface area contributed by atoms with Gasteiger partial charge >= 0.3 is 6.18 Å². The molecule has 0 spiro atoms. The highest BCUT2D eigenvalue weighted by Crippen LogP contribution is 2.32. The predicted molar refractivity (Wildman–Crippen MR) is 83.5 cm³/mol. The summed E-state index contributed by atoms with van der Waals surface area (Å²) in [5.74, 6) is -1.70. The topological polar surface area (TPSA) is 124 Å². The van der Waals surface area contributed by atoms with Crippen LogP contribution in [0.4, 0.5) is 27.6 Å². The number of alkyl halides is 5. The minimum absolute atomic E-state index is 0.172. The molecule has 2 rings (SSSR count). The van der Waals surface area contributed by atoms with E-state index in [2.05, 4.69) is 9.97 Å². The Morgan fingerprint density at radius 1 is 1.43 bits per heavy atom. The summed E-state index contributed by atoms with van der Waals surface area (Å²) in [7, 11) is 0. The van der Waals surface area contributed by atoms with Gasteiger partial charge in [0.1, 0.15) is 6.61 Å². The van der Waals surface area contributed by atoms with Crippen LogP contribution in [0.3, 0.4) is 0 Å². The summed E-state index contributed by atoms with van der Waals surface area (Å²) in [5, 5.41) is 11.2. The zero-order valence-corrected chi connectivity index (χ0v) is 14.3. The third-order valence-electron chi connectivity index (χ3n) is 3.53. The van der Waals surface area contributed by atoms with Crippen molar-refractivity contribution in [3.63, 3.8) is 0 Å². The van der Waals surface area contributed by atoms with E-state index in [1.165, 1.54) is 6.20 Å². The minimum Gasteiger partial charge on any atom is -0.469 e. The number of nitrogen functional groups attached to an aromatic ring is 1. The van der Waals surface area contributed by atoms with E-state index in [1.54, 1.807) is 0 Å². The van der Waals surface area contributed by atoms with Crippen LogP contribution >= 0.6 is 0 Å². The Bertz CT molecular complexity index is 825. The van der Waals surface area contributed by atoms with Crippen LogP contribution in [0, 0.1) is 0 Å². The predicted octanol–water partition coefficient (Wildman–Crippen LogP) is 2.21. The van der Waals surface area contributed by atoms with Crippen molar-refractivity contribution in [1.29, 1.82) is 0 Å². The third kappa shape index (κ3) is 4.85. The molecule has 4 N–H and O–H groups in total. The molecule has 2 aromatic rings. The van der Waals surface area contributed by atoms with Gasteiger partial charge in [0.25, 0.3) is 12.3 Å². The van der Waals surface area contributed by atoms with Crippen LogP contribution < -0.4 is 15.8 Å². The van der Waals surface area contributed by atoms with E-state index >= 15 is 0 Å². The smallest absolute Gasteiger partial charge is 0.418 e. The summed E-state index contributed by atoms with van der Waals surface area (Å²) in [6, 6.07) is 0.726. The second-order valence-electron chi connectivity index (χ2n) is 5.83. The summed E-state index contributed by atoms with van der Waals surface area (Å²) < 4.78 is 74.3. The van der Waals surface area contributed by atoms with E-state index in [0.717, 1.165) is 12.5 Å². The number of nitrogens with two attached hydrogens (primary N) is 1. The summed E-state index contributed by atoms with van der Waals surface area (Å²) in [6.45, 7) is -1.10. The lowest BCUT2D eigenvalue weighted by Gasteiger charge is -2.26. The van der Waals surface area contributed by atoms with E-state index in [1.807, 2.05) is 5.32 Å². The summed E-state index contributed by atoms with van der Waals surface area (Å²) in [4.78, 5) is 19.3. The first-order valence-electron chi connectivity index (χ1n) is 7.58. The first-order valence-corrected chi connectivity index (χ1v) is 7.58. The fraction of sp³-hybridized carbons (Fsp3) is 0.400. The molecule has 0 radical (unpaired) electrons. The summed E-state index contributed by atoms with van der Waals surface area (Å²) in [6.07, 6.45) is -5.73. The number of hydrogen-bond donors (Lipinski definition) is 3. The van der Waals surface area contributed by atoms with Gasteiger partial charge in [0, 0.05) is 0 Å². The molecule has 0 aromatic carbocycles. The van der Waals surface area contributed by atoms with E-state index in [4.69, 9.17) is 14.9 Å². The average molecular weight is 410 g/mol. The summed E-state index contributed by atoms with van der Waals surface area (Å²) in [5.41, 5.74) is 0.426. The molecule has 0 fully saturated rings. The molecule has 2 heterocycles. The van der Waals surface area contributed by atoms with Gasteiger partial charge < -0.3 is 25.3 Å². The molecule has 0 bridgehead atoms. The highest BCUT2D eigenvalue weighted by molar-refractivity contribution is 5.97. The van der Waals surface area contributed by atoms with Crippen molar-refractivity contribution in [2.45, 2.75) is 31.7 Å². The normalized spacial score (nSPS) is 14.0. The van der Waals surface area contributed by atoms with Crippen LogP contribution in [0.1, 0.15) is 35.2 Å². The molecule has 1 unspecified atom stereocenters. The minimum atomic E-state index is -5.01. The Hall–Kier alpha value is -2.96. The van der Waals surface area contributed by atoms with Crippen molar-refractivity contribution in [2.24, 2.45) is 0 Å². The van der Waals surface area contributed by atoms with E-state index in [-0.39, 0.29) is 12.4 Å². The number of nitrogens with one attached hydrogen (secondary N) is 1. The number of pyridine rings is 1. The molecule has 0 aliphatic carbocycles. The maximum atomic E-state index is 13.2. The quantitative estimate of drug-likeness (QED) is 0.598. The van der Waals surface area contributed by atoms with Crippen molar-refractivity contribution >= 4 is 11.6 Å². The number of amides is 1. The standard InChI is InChI=1S/C15H15F5N4O4/c1-14(26,15(18,19)20)5-23-12(25)10-9(21)2-8(11(16)17)13(24-10)27-4-7-3-22-6-28-7/h2-3,6,11,26H,4-5,21H2,1H3,(H,23,25). The second-order valence-corrected chi connectivity index (χ2v) is 5.83. The maximum Gasteiger partial charge on any atom is 0.418 e. The Balaban J connectivity index is 2.23. The van der Waals surface area contributed by atoms with Crippen LogP contribution in [0.2, 0.25) is 0 Å². The summed E-state index contributed by atoms with van der Waals surface area (Å²) >= 11 is 0. The Morgan fingerprint density at radius 3 is 2.64 bits per heavy atom. The molecule has 13 heteroatoms. The van der Waals surface area contributed by atoms with Crippen LogP contribution in [-0.4, -0.2) is 39.3 Å². The molecule has 0 aliphatic rings. The number of ether oxygens (including phenoxy) is 1. The zero-order chi connectivity index (χ0) is 21.1. The van der Waals surface area contributed by atoms with E-state index < -0.39 is 53.5 Å². The van der Waals surface area contributed by atoms with E-state index in [0.29, 0.717) is 6.92 Å². The first kappa shape index (κ1) is 21.3. The Labute approximate surface area is 154 Å². The highest BCUT2D eigenvalue weighted by Gasteiger charge is 2.50. The molecule has 8 nitrogen and oxygen atoms in total. The van der Waals surface area contributed by atoms with Gasteiger partial charge in [-0.05, 0) is 13.0 Å². The van der Waals surface area contributed by atoms with Crippen molar-refractivity contribution < 1.29 is 41.0 Å². The highest BCUT2D eigenvalue weighted by atomic mass is 19.4. The number of nitrogens with zero attached hydrogens (tertiary/aromatic N) is 2. The number of anilines is 1. The molecule has 28 heavy (non-hydrogen) atoms. The Kier molecular flexibility index (Phi) is 6.07. The lowest BCUT2D eigenvalue weighted by Crippen LogP contribution is -2.51. The molecule has 0 saturated carbocycles. The Morgan fingerprint density at radius 2 is 2.11 bits per heavy atom. The van der Waals surface area contributed by atoms with Crippen LogP contribution in [0.15, 0.2) is 23.1 Å². The molecule has 2 aromatic heterocycles. The largest absolute Gasteiger partial charge is 0.469 e. The number of rotatable bonds is 7. The second kappa shape index (κ2) is 7.96. The zero-order valence-electron chi connectivity index (χ0n) is 14.3. The number of oxazole rings is 1. The number of aliphatic hydroxyl groups is 1. The third-order valence-corrected chi connectivity index (χ3v) is 3.53.